The summed E-state index contributed by atoms with van der Waals surface area (Å²) in [6.07, 6.45) is 14.2. The molecule has 0 aromatic carbocycles. The van der Waals surface area contributed by atoms with Gasteiger partial charge in [0, 0.05) is 6.20 Å². The lowest BCUT2D eigenvalue weighted by molar-refractivity contribution is 0.0497. The first-order valence-corrected chi connectivity index (χ1v) is 8.91. The van der Waals surface area contributed by atoms with E-state index in [1.54, 1.807) is 18.3 Å². The maximum Gasteiger partial charge on any atom is 0.341 e. The molecule has 4 heteroatoms. The SMILES string of the molecule is CCCCCCCCCCCCOC(=O)c1cccnc1Cl. The molecule has 0 aliphatic heterocycles. The van der Waals surface area contributed by atoms with Crippen molar-refractivity contribution in [2.45, 2.75) is 71.1 Å². The van der Waals surface area contributed by atoms with Gasteiger partial charge in [0.1, 0.15) is 5.15 Å². The van der Waals surface area contributed by atoms with Crippen molar-refractivity contribution in [1.82, 2.24) is 4.98 Å². The maximum absolute atomic E-state index is 11.8. The predicted molar refractivity (Wildman–Crippen MR) is 91.4 cm³/mol. The van der Waals surface area contributed by atoms with Crippen LogP contribution in [-0.2, 0) is 4.74 Å². The summed E-state index contributed by atoms with van der Waals surface area (Å²) in [5, 5.41) is 0.204. The van der Waals surface area contributed by atoms with E-state index in [9.17, 15) is 4.79 Å². The fourth-order valence-corrected chi connectivity index (χ4v) is 2.57. The molecule has 0 aliphatic rings. The highest BCUT2D eigenvalue weighted by molar-refractivity contribution is 6.32. The summed E-state index contributed by atoms with van der Waals surface area (Å²) < 4.78 is 5.22. The topological polar surface area (TPSA) is 39.2 Å². The van der Waals surface area contributed by atoms with Gasteiger partial charge in [0.05, 0.1) is 12.2 Å². The van der Waals surface area contributed by atoms with Crippen molar-refractivity contribution in [2.24, 2.45) is 0 Å². The largest absolute Gasteiger partial charge is 0.462 e. The van der Waals surface area contributed by atoms with Gasteiger partial charge in [-0.2, -0.15) is 0 Å². The number of aromatic nitrogens is 1. The molecule has 22 heavy (non-hydrogen) atoms. The monoisotopic (exact) mass is 325 g/mol. The van der Waals surface area contributed by atoms with Gasteiger partial charge in [0.2, 0.25) is 0 Å². The number of unbranched alkanes of at least 4 members (excludes halogenated alkanes) is 9. The third kappa shape index (κ3) is 8.38. The Bertz CT molecular complexity index is 423. The Morgan fingerprint density at radius 3 is 2.23 bits per heavy atom. The Morgan fingerprint density at radius 1 is 1.05 bits per heavy atom. The molecule has 0 amide bonds. The number of pyridine rings is 1. The van der Waals surface area contributed by atoms with E-state index < -0.39 is 0 Å². The van der Waals surface area contributed by atoms with E-state index in [0.29, 0.717) is 12.2 Å². The summed E-state index contributed by atoms with van der Waals surface area (Å²) in [4.78, 5) is 15.6. The summed E-state index contributed by atoms with van der Waals surface area (Å²) in [5.74, 6) is -0.381. The van der Waals surface area contributed by atoms with E-state index in [4.69, 9.17) is 16.3 Å². The molecule has 0 unspecified atom stereocenters. The summed E-state index contributed by atoms with van der Waals surface area (Å²) >= 11 is 5.85. The molecule has 0 spiro atoms. The second-order valence-corrected chi connectivity index (χ2v) is 6.02. The molecule has 0 bridgehead atoms. The number of esters is 1. The van der Waals surface area contributed by atoms with Crippen LogP contribution in [0.1, 0.15) is 81.5 Å². The molecule has 124 valence electrons. The summed E-state index contributed by atoms with van der Waals surface area (Å²) in [5.41, 5.74) is 0.344. The van der Waals surface area contributed by atoms with Gasteiger partial charge in [-0.3, -0.25) is 0 Å². The lowest BCUT2D eigenvalue weighted by atomic mass is 10.1. The molecule has 3 nitrogen and oxygen atoms in total. The minimum absolute atomic E-state index is 0.204. The van der Waals surface area contributed by atoms with Crippen LogP contribution in [-0.4, -0.2) is 17.6 Å². The first-order chi connectivity index (χ1) is 10.8. The number of hydrogen-bond acceptors (Lipinski definition) is 3. The average Bonchev–Trinajstić information content (AvgIpc) is 2.53. The number of carbonyl (C=O) groups is 1. The van der Waals surface area contributed by atoms with E-state index in [1.807, 2.05) is 0 Å². The Kier molecular flexibility index (Phi) is 10.7. The quantitative estimate of drug-likeness (QED) is 0.276. The van der Waals surface area contributed by atoms with Gasteiger partial charge in [-0.25, -0.2) is 9.78 Å². The number of carbonyl (C=O) groups excluding carboxylic acids is 1. The lowest BCUT2D eigenvalue weighted by Crippen LogP contribution is -2.07. The lowest BCUT2D eigenvalue weighted by Gasteiger charge is -2.06. The van der Waals surface area contributed by atoms with E-state index in [-0.39, 0.29) is 11.1 Å². The molecule has 0 radical (unpaired) electrons. The van der Waals surface area contributed by atoms with Crippen LogP contribution in [0.2, 0.25) is 5.15 Å². The van der Waals surface area contributed by atoms with E-state index in [0.717, 1.165) is 12.8 Å². The van der Waals surface area contributed by atoms with Gasteiger partial charge in [-0.1, -0.05) is 76.3 Å². The predicted octanol–water partition coefficient (Wildman–Crippen LogP) is 5.81. The molecule has 1 aromatic rings. The molecule has 0 aliphatic carbocycles. The Morgan fingerprint density at radius 2 is 1.64 bits per heavy atom. The minimum Gasteiger partial charge on any atom is -0.462 e. The molecule has 0 atom stereocenters. The van der Waals surface area contributed by atoms with Crippen LogP contribution in [0.3, 0.4) is 0 Å². The molecule has 0 N–H and O–H groups in total. The Hall–Kier alpha value is -1.09. The van der Waals surface area contributed by atoms with Crippen LogP contribution in [0.4, 0.5) is 0 Å². The van der Waals surface area contributed by atoms with Crippen molar-refractivity contribution < 1.29 is 9.53 Å². The molecule has 0 saturated heterocycles. The van der Waals surface area contributed by atoms with Gasteiger partial charge in [-0.05, 0) is 18.6 Å². The standard InChI is InChI=1S/C18H28ClNO2/c1-2-3-4-5-6-7-8-9-10-11-15-22-18(21)16-13-12-14-20-17(16)19/h12-14H,2-11,15H2,1H3. The van der Waals surface area contributed by atoms with Crippen molar-refractivity contribution >= 4 is 17.6 Å². The third-order valence-electron chi connectivity index (χ3n) is 3.71. The first kappa shape index (κ1) is 19.0. The zero-order chi connectivity index (χ0) is 16.0. The maximum atomic E-state index is 11.8. The number of halogens is 1. The zero-order valence-electron chi connectivity index (χ0n) is 13.7. The minimum atomic E-state index is -0.381. The van der Waals surface area contributed by atoms with Crippen LogP contribution in [0.15, 0.2) is 18.3 Å². The van der Waals surface area contributed by atoms with Crippen molar-refractivity contribution in [1.29, 1.82) is 0 Å². The number of hydrogen-bond donors (Lipinski definition) is 0. The highest BCUT2D eigenvalue weighted by Crippen LogP contribution is 2.14. The van der Waals surface area contributed by atoms with Gasteiger partial charge in [0.15, 0.2) is 0 Å². The van der Waals surface area contributed by atoms with Crippen LogP contribution in [0.5, 0.6) is 0 Å². The summed E-state index contributed by atoms with van der Waals surface area (Å²) in [6.45, 7) is 2.70. The second kappa shape index (κ2) is 12.5. The fourth-order valence-electron chi connectivity index (χ4n) is 2.37. The van der Waals surface area contributed by atoms with E-state index >= 15 is 0 Å². The third-order valence-corrected chi connectivity index (χ3v) is 4.01. The fraction of sp³-hybridized carbons (Fsp3) is 0.667. The van der Waals surface area contributed by atoms with Gasteiger partial charge in [0.25, 0.3) is 0 Å². The van der Waals surface area contributed by atoms with Crippen LogP contribution in [0, 0.1) is 0 Å². The van der Waals surface area contributed by atoms with Crippen molar-refractivity contribution in [3.8, 4) is 0 Å². The number of nitrogens with zero attached hydrogens (tertiary/aromatic N) is 1. The van der Waals surface area contributed by atoms with Gasteiger partial charge >= 0.3 is 5.97 Å². The average molecular weight is 326 g/mol. The van der Waals surface area contributed by atoms with Crippen molar-refractivity contribution in [3.63, 3.8) is 0 Å². The summed E-state index contributed by atoms with van der Waals surface area (Å²) in [7, 11) is 0. The van der Waals surface area contributed by atoms with Crippen LogP contribution in [0.25, 0.3) is 0 Å². The number of rotatable bonds is 12. The highest BCUT2D eigenvalue weighted by Gasteiger charge is 2.11. The van der Waals surface area contributed by atoms with Crippen molar-refractivity contribution in [3.05, 3.63) is 29.0 Å². The first-order valence-electron chi connectivity index (χ1n) is 8.53. The van der Waals surface area contributed by atoms with Crippen LogP contribution < -0.4 is 0 Å². The number of ether oxygens (including phenoxy) is 1. The molecule has 1 rings (SSSR count). The van der Waals surface area contributed by atoms with Gasteiger partial charge in [-0.15, -0.1) is 0 Å². The molecule has 0 fully saturated rings. The van der Waals surface area contributed by atoms with Gasteiger partial charge < -0.3 is 4.74 Å². The van der Waals surface area contributed by atoms with Crippen LogP contribution >= 0.6 is 11.6 Å². The molecule has 0 saturated carbocycles. The normalized spacial score (nSPS) is 10.6. The molecule has 1 heterocycles. The highest BCUT2D eigenvalue weighted by atomic mass is 35.5. The molecular weight excluding hydrogens is 298 g/mol. The van der Waals surface area contributed by atoms with E-state index in [2.05, 4.69) is 11.9 Å². The van der Waals surface area contributed by atoms with Crippen molar-refractivity contribution in [2.75, 3.05) is 6.61 Å². The molecule has 1 aromatic heterocycles. The molecular formula is C18H28ClNO2. The Labute approximate surface area is 139 Å². The second-order valence-electron chi connectivity index (χ2n) is 5.66. The van der Waals surface area contributed by atoms with E-state index in [1.165, 1.54) is 51.4 Å². The summed E-state index contributed by atoms with van der Waals surface area (Å²) in [6, 6.07) is 3.32. The zero-order valence-corrected chi connectivity index (χ0v) is 14.4. The smallest absolute Gasteiger partial charge is 0.341 e. The Balaban J connectivity index is 1.95.